The molecule has 0 atom stereocenters. The molecule has 1 fully saturated rings. The van der Waals surface area contributed by atoms with Gasteiger partial charge in [0.05, 0.1) is 5.52 Å². The Morgan fingerprint density at radius 1 is 1.03 bits per heavy atom. The quantitative estimate of drug-likeness (QED) is 0.504. The first kappa shape index (κ1) is 21.4. The Hall–Kier alpha value is -2.80. The maximum Gasteiger partial charge on any atom is 0.222 e. The number of fused-ring (bicyclic) bond motifs is 1. The standard InChI is InChI=1S/C24H25F3N2O2/c25-17-7-5-16(6-8-17)23-19(20-11-18(26)12-21(27)24(20)28-23)10-15-13-29(14-15)22(31)4-2-1-3-9-30/h5-8,11-12,15,28,30H,1-4,9-10,13-14H2. The molecule has 0 bridgehead atoms. The molecule has 0 aliphatic carbocycles. The zero-order chi connectivity index (χ0) is 22.0. The largest absolute Gasteiger partial charge is 0.396 e. The highest BCUT2D eigenvalue weighted by molar-refractivity contribution is 5.91. The van der Waals surface area contributed by atoms with Crippen LogP contribution >= 0.6 is 0 Å². The number of aromatic amines is 1. The zero-order valence-corrected chi connectivity index (χ0v) is 17.1. The van der Waals surface area contributed by atoms with Gasteiger partial charge in [-0.1, -0.05) is 6.42 Å². The summed E-state index contributed by atoms with van der Waals surface area (Å²) in [5.41, 5.74) is 2.35. The van der Waals surface area contributed by atoms with Crippen LogP contribution in [0.5, 0.6) is 0 Å². The Bertz CT molecular complexity index is 1070. The van der Waals surface area contributed by atoms with E-state index in [1.54, 1.807) is 17.0 Å². The minimum Gasteiger partial charge on any atom is -0.396 e. The van der Waals surface area contributed by atoms with E-state index in [2.05, 4.69) is 4.98 Å². The van der Waals surface area contributed by atoms with Gasteiger partial charge in [-0.3, -0.25) is 4.79 Å². The van der Waals surface area contributed by atoms with Gasteiger partial charge in [0.2, 0.25) is 5.91 Å². The Kier molecular flexibility index (Phi) is 6.32. The summed E-state index contributed by atoms with van der Waals surface area (Å²) in [7, 11) is 0. The summed E-state index contributed by atoms with van der Waals surface area (Å²) >= 11 is 0. The SMILES string of the molecule is O=C(CCCCCO)N1CC(Cc2c(-c3ccc(F)cc3)[nH]c3c(F)cc(F)cc23)C1. The number of amides is 1. The maximum absolute atomic E-state index is 14.4. The second-order valence-corrected chi connectivity index (χ2v) is 8.20. The number of likely N-dealkylation sites (tertiary alicyclic amines) is 1. The van der Waals surface area contributed by atoms with E-state index in [9.17, 15) is 18.0 Å². The number of nitrogens with one attached hydrogen (secondary N) is 1. The van der Waals surface area contributed by atoms with E-state index < -0.39 is 11.6 Å². The van der Waals surface area contributed by atoms with Crippen LogP contribution in [-0.2, 0) is 11.2 Å². The van der Waals surface area contributed by atoms with Crippen molar-refractivity contribution in [2.75, 3.05) is 19.7 Å². The lowest BCUT2D eigenvalue weighted by molar-refractivity contribution is -0.137. The first-order chi connectivity index (χ1) is 15.0. The minimum absolute atomic E-state index is 0.101. The van der Waals surface area contributed by atoms with Gasteiger partial charge in [-0.25, -0.2) is 13.2 Å². The van der Waals surface area contributed by atoms with E-state index in [4.69, 9.17) is 5.11 Å². The van der Waals surface area contributed by atoms with E-state index >= 15 is 0 Å². The number of halogens is 3. The molecule has 0 saturated carbocycles. The van der Waals surface area contributed by atoms with E-state index in [0.29, 0.717) is 49.0 Å². The molecule has 1 aliphatic heterocycles. The second kappa shape index (κ2) is 9.14. The van der Waals surface area contributed by atoms with Crippen LogP contribution in [0.15, 0.2) is 36.4 Å². The molecule has 1 aliphatic rings. The number of hydrogen-bond donors (Lipinski definition) is 2. The van der Waals surface area contributed by atoms with Crippen LogP contribution in [0.3, 0.4) is 0 Å². The van der Waals surface area contributed by atoms with Crippen molar-refractivity contribution < 1.29 is 23.1 Å². The summed E-state index contributed by atoms with van der Waals surface area (Å²) in [5, 5.41) is 9.30. The predicted octanol–water partition coefficient (Wildman–Crippen LogP) is 4.81. The molecule has 3 aromatic rings. The van der Waals surface area contributed by atoms with Crippen LogP contribution in [0.25, 0.3) is 22.2 Å². The third-order valence-corrected chi connectivity index (χ3v) is 5.92. The fourth-order valence-electron chi connectivity index (χ4n) is 4.26. The number of aliphatic hydroxyl groups is 1. The van der Waals surface area contributed by atoms with Crippen LogP contribution < -0.4 is 0 Å². The molecule has 1 saturated heterocycles. The van der Waals surface area contributed by atoms with Crippen molar-refractivity contribution in [2.45, 2.75) is 32.1 Å². The van der Waals surface area contributed by atoms with E-state index in [1.165, 1.54) is 18.2 Å². The Morgan fingerprint density at radius 3 is 2.48 bits per heavy atom. The Balaban J connectivity index is 1.53. The zero-order valence-electron chi connectivity index (χ0n) is 17.1. The fourth-order valence-corrected chi connectivity index (χ4v) is 4.26. The highest BCUT2D eigenvalue weighted by Gasteiger charge is 2.32. The normalized spacial score (nSPS) is 14.3. The number of rotatable bonds is 8. The van der Waals surface area contributed by atoms with Crippen LogP contribution in [0.2, 0.25) is 0 Å². The molecular formula is C24H25F3N2O2. The first-order valence-electron chi connectivity index (χ1n) is 10.6. The Morgan fingerprint density at radius 2 is 1.77 bits per heavy atom. The number of nitrogens with zero attached hydrogens (tertiary/aromatic N) is 1. The van der Waals surface area contributed by atoms with Gasteiger partial charge in [-0.15, -0.1) is 0 Å². The number of benzene rings is 2. The summed E-state index contributed by atoms with van der Waals surface area (Å²) in [6.45, 7) is 1.35. The van der Waals surface area contributed by atoms with Crippen molar-refractivity contribution in [1.29, 1.82) is 0 Å². The van der Waals surface area contributed by atoms with Crippen molar-refractivity contribution in [3.63, 3.8) is 0 Å². The molecule has 7 heteroatoms. The van der Waals surface area contributed by atoms with E-state index in [0.717, 1.165) is 24.5 Å². The molecule has 1 aromatic heterocycles. The summed E-state index contributed by atoms with van der Waals surface area (Å²) in [6.07, 6.45) is 3.32. The lowest BCUT2D eigenvalue weighted by Gasteiger charge is -2.39. The molecule has 2 heterocycles. The lowest BCUT2D eigenvalue weighted by Crippen LogP contribution is -2.50. The summed E-state index contributed by atoms with van der Waals surface area (Å²) in [5.74, 6) is -1.40. The highest BCUT2D eigenvalue weighted by atomic mass is 19.1. The molecular weight excluding hydrogens is 405 g/mol. The predicted molar refractivity (Wildman–Crippen MR) is 113 cm³/mol. The number of carbonyl (C=O) groups excluding carboxylic acids is 1. The van der Waals surface area contributed by atoms with Gasteiger partial charge < -0.3 is 15.0 Å². The molecule has 31 heavy (non-hydrogen) atoms. The van der Waals surface area contributed by atoms with Crippen LogP contribution in [0.4, 0.5) is 13.2 Å². The van der Waals surface area contributed by atoms with Crippen LogP contribution in [0.1, 0.15) is 31.2 Å². The van der Waals surface area contributed by atoms with Crippen LogP contribution in [-0.4, -0.2) is 40.6 Å². The number of carbonyl (C=O) groups is 1. The van der Waals surface area contributed by atoms with Gasteiger partial charge in [0, 0.05) is 43.3 Å². The van der Waals surface area contributed by atoms with Gasteiger partial charge in [-0.05, 0) is 66.6 Å². The summed E-state index contributed by atoms with van der Waals surface area (Å²) < 4.78 is 41.7. The molecule has 4 nitrogen and oxygen atoms in total. The number of H-pyrrole nitrogens is 1. The average molecular weight is 430 g/mol. The second-order valence-electron chi connectivity index (χ2n) is 8.20. The first-order valence-corrected chi connectivity index (χ1v) is 10.6. The van der Waals surface area contributed by atoms with Gasteiger partial charge >= 0.3 is 0 Å². The molecule has 1 amide bonds. The number of unbranched alkanes of at least 4 members (excludes halogenated alkanes) is 2. The van der Waals surface area contributed by atoms with Crippen molar-refractivity contribution in [3.8, 4) is 11.3 Å². The molecule has 0 unspecified atom stereocenters. The molecule has 2 aromatic carbocycles. The number of aromatic nitrogens is 1. The molecule has 4 rings (SSSR count). The van der Waals surface area contributed by atoms with Crippen molar-refractivity contribution in [1.82, 2.24) is 9.88 Å². The molecule has 2 N–H and O–H groups in total. The minimum atomic E-state index is -0.669. The van der Waals surface area contributed by atoms with Gasteiger partial charge in [-0.2, -0.15) is 0 Å². The van der Waals surface area contributed by atoms with E-state index in [-0.39, 0.29) is 29.8 Å². The van der Waals surface area contributed by atoms with Gasteiger partial charge in [0.15, 0.2) is 0 Å². The van der Waals surface area contributed by atoms with Crippen molar-refractivity contribution in [3.05, 3.63) is 59.4 Å². The van der Waals surface area contributed by atoms with Crippen LogP contribution in [0, 0.1) is 23.4 Å². The lowest BCUT2D eigenvalue weighted by atomic mass is 9.89. The molecule has 0 radical (unpaired) electrons. The number of aliphatic hydroxyl groups excluding tert-OH is 1. The highest BCUT2D eigenvalue weighted by Crippen LogP contribution is 2.35. The van der Waals surface area contributed by atoms with Gasteiger partial charge in [0.1, 0.15) is 17.5 Å². The maximum atomic E-state index is 14.4. The topological polar surface area (TPSA) is 56.3 Å². The third-order valence-electron chi connectivity index (χ3n) is 5.92. The summed E-state index contributed by atoms with van der Waals surface area (Å²) in [6, 6.07) is 8.06. The number of hydrogen-bond acceptors (Lipinski definition) is 2. The van der Waals surface area contributed by atoms with E-state index in [1.807, 2.05) is 0 Å². The smallest absolute Gasteiger partial charge is 0.222 e. The average Bonchev–Trinajstić information content (AvgIpc) is 3.06. The molecule has 164 valence electrons. The summed E-state index contributed by atoms with van der Waals surface area (Å²) in [4.78, 5) is 17.1. The van der Waals surface area contributed by atoms with Gasteiger partial charge in [0.25, 0.3) is 0 Å². The molecule has 0 spiro atoms. The van der Waals surface area contributed by atoms with Crippen molar-refractivity contribution >= 4 is 16.8 Å². The fraction of sp³-hybridized carbons (Fsp3) is 0.375. The Labute approximate surface area is 178 Å². The third kappa shape index (κ3) is 4.61. The van der Waals surface area contributed by atoms with Crippen molar-refractivity contribution in [2.24, 2.45) is 5.92 Å². The monoisotopic (exact) mass is 430 g/mol.